The van der Waals surface area contributed by atoms with Crippen LogP contribution in [0.5, 0.6) is 0 Å². The van der Waals surface area contributed by atoms with Crippen LogP contribution in [0.1, 0.15) is 22.8 Å². The van der Waals surface area contributed by atoms with Gasteiger partial charge in [-0.05, 0) is 48.2 Å². The summed E-state index contributed by atoms with van der Waals surface area (Å²) in [5, 5.41) is 12.3. The number of hydrazine groups is 1. The van der Waals surface area contributed by atoms with Crippen LogP contribution < -0.4 is 39.1 Å². The molecule has 3 aromatic carbocycles. The van der Waals surface area contributed by atoms with Gasteiger partial charge in [-0.2, -0.15) is 5.10 Å². The van der Waals surface area contributed by atoms with E-state index >= 15 is 0 Å². The van der Waals surface area contributed by atoms with Gasteiger partial charge < -0.3 is 33.7 Å². The molecule has 0 fully saturated rings. The Balaban J connectivity index is 1.74. The maximum Gasteiger partial charge on any atom is 0.255 e. The highest BCUT2D eigenvalue weighted by atomic mass is 16.1. The van der Waals surface area contributed by atoms with Crippen molar-refractivity contribution in [1.82, 2.24) is 5.43 Å². The molecule has 1 amide bonds. The lowest BCUT2D eigenvalue weighted by Gasteiger charge is -2.14. The minimum atomic E-state index is -0.701. The first kappa shape index (κ1) is 21.7. The molecule has 0 saturated heterocycles. The van der Waals surface area contributed by atoms with Crippen LogP contribution in [0.3, 0.4) is 0 Å². The van der Waals surface area contributed by atoms with Gasteiger partial charge in [-0.25, -0.2) is 5.43 Å². The summed E-state index contributed by atoms with van der Waals surface area (Å²) in [6.45, 7) is 1.79. The highest BCUT2D eigenvalue weighted by Crippen LogP contribution is 2.24. The van der Waals surface area contributed by atoms with E-state index in [1.807, 2.05) is 42.5 Å². The molecule has 160 valence electrons. The predicted molar refractivity (Wildman–Crippen MR) is 125 cm³/mol. The molecule has 0 aromatic heterocycles. The van der Waals surface area contributed by atoms with E-state index in [0.29, 0.717) is 17.0 Å². The number of nitrogens with one attached hydrogen (secondary N) is 3. The zero-order valence-corrected chi connectivity index (χ0v) is 17.0. The maximum atomic E-state index is 12.7. The number of hydrogen-bond donors (Lipinski definition) is 7. The molecule has 0 atom stereocenters. The molecule has 0 radical (unpaired) electrons. The second-order valence-electron chi connectivity index (χ2n) is 6.78. The Labute approximate surface area is 179 Å². The Hall–Kier alpha value is -3.99. The van der Waals surface area contributed by atoms with Gasteiger partial charge in [-0.3, -0.25) is 4.79 Å². The number of fused-ring (bicyclic) bond motifs is 1. The number of benzene rings is 3. The molecule has 0 heterocycles. The second kappa shape index (κ2) is 9.67. The summed E-state index contributed by atoms with van der Waals surface area (Å²) in [5.41, 5.74) is 30.8. The highest BCUT2D eigenvalue weighted by molar-refractivity contribution is 6.08. The first-order chi connectivity index (χ1) is 14.8. The number of nitrogens with zero attached hydrogens (tertiary/aromatic N) is 2. The van der Waals surface area contributed by atoms with Crippen molar-refractivity contribution in [3.8, 4) is 0 Å². The highest BCUT2D eigenvalue weighted by Gasteiger charge is 2.09. The Morgan fingerprint density at radius 1 is 0.935 bits per heavy atom. The van der Waals surface area contributed by atoms with Crippen molar-refractivity contribution in [2.45, 2.75) is 13.2 Å². The fraction of sp³-hybridized carbons (Fsp3) is 0.0952. The lowest BCUT2D eigenvalue weighted by atomic mass is 10.0. The smallest absolute Gasteiger partial charge is 0.255 e. The molecule has 10 heteroatoms. The zero-order valence-electron chi connectivity index (χ0n) is 17.0. The average molecular weight is 419 g/mol. The molecule has 0 unspecified atom stereocenters. The minimum Gasteiger partial charge on any atom is -0.369 e. The van der Waals surface area contributed by atoms with Gasteiger partial charge in [0.2, 0.25) is 5.96 Å². The lowest BCUT2D eigenvalue weighted by Crippen LogP contribution is -2.48. The lowest BCUT2D eigenvalue weighted by molar-refractivity contribution is 0.102. The first-order valence-corrected chi connectivity index (χ1v) is 9.44. The Morgan fingerprint density at radius 3 is 2.32 bits per heavy atom. The Bertz CT molecular complexity index is 1130. The van der Waals surface area contributed by atoms with Crippen LogP contribution in [-0.2, 0) is 0 Å². The molecule has 0 saturated carbocycles. The van der Waals surface area contributed by atoms with Crippen molar-refractivity contribution in [3.05, 3.63) is 71.8 Å². The molecule has 0 bridgehead atoms. The number of carbonyl (C=O) groups is 1. The number of anilines is 2. The fourth-order valence-corrected chi connectivity index (χ4v) is 2.88. The van der Waals surface area contributed by atoms with Crippen molar-refractivity contribution in [2.24, 2.45) is 33.1 Å². The number of guanidine groups is 1. The third-order valence-electron chi connectivity index (χ3n) is 4.39. The van der Waals surface area contributed by atoms with E-state index in [2.05, 4.69) is 26.4 Å². The quantitative estimate of drug-likeness (QED) is 0.130. The monoisotopic (exact) mass is 419 g/mol. The van der Waals surface area contributed by atoms with Crippen LogP contribution in [0.2, 0.25) is 0 Å². The summed E-state index contributed by atoms with van der Waals surface area (Å²) >= 11 is 0. The number of rotatable bonds is 7. The molecule has 3 rings (SSSR count). The molecule has 10 nitrogen and oxygen atoms in total. The van der Waals surface area contributed by atoms with Crippen molar-refractivity contribution in [2.75, 3.05) is 10.7 Å². The normalized spacial score (nSPS) is 11.4. The maximum absolute atomic E-state index is 12.7. The summed E-state index contributed by atoms with van der Waals surface area (Å²) in [6.07, 6.45) is -0.701. The number of hydrogen-bond acceptors (Lipinski definition) is 7. The van der Waals surface area contributed by atoms with Crippen LogP contribution in [0.4, 0.5) is 11.4 Å². The van der Waals surface area contributed by atoms with Gasteiger partial charge in [0.15, 0.2) is 0 Å². The van der Waals surface area contributed by atoms with E-state index in [-0.39, 0.29) is 11.9 Å². The van der Waals surface area contributed by atoms with Gasteiger partial charge >= 0.3 is 0 Å². The third-order valence-corrected chi connectivity index (χ3v) is 4.39. The first-order valence-electron chi connectivity index (χ1n) is 9.44. The van der Waals surface area contributed by atoms with E-state index in [0.717, 1.165) is 22.0 Å². The summed E-state index contributed by atoms with van der Waals surface area (Å²) in [7, 11) is 0. The summed E-state index contributed by atoms with van der Waals surface area (Å²) in [4.78, 5) is 12.7. The van der Waals surface area contributed by atoms with Gasteiger partial charge in [0.1, 0.15) is 6.29 Å². The fourth-order valence-electron chi connectivity index (χ4n) is 2.88. The van der Waals surface area contributed by atoms with Gasteiger partial charge in [0.05, 0.1) is 11.4 Å². The molecular formula is C21H25N9O. The molecule has 0 spiro atoms. The summed E-state index contributed by atoms with van der Waals surface area (Å²) in [6, 6.07) is 18.3. The van der Waals surface area contributed by atoms with Crippen LogP contribution in [-0.4, -0.2) is 23.9 Å². The summed E-state index contributed by atoms with van der Waals surface area (Å²) in [5.74, 6) is -0.332. The van der Waals surface area contributed by atoms with Crippen molar-refractivity contribution >= 4 is 39.7 Å². The van der Waals surface area contributed by atoms with Gasteiger partial charge in [0.25, 0.3) is 5.91 Å². The van der Waals surface area contributed by atoms with Gasteiger partial charge in [-0.1, -0.05) is 30.3 Å². The zero-order chi connectivity index (χ0) is 22.4. The molecule has 0 aliphatic carbocycles. The molecular weight excluding hydrogens is 394 g/mol. The van der Waals surface area contributed by atoms with Gasteiger partial charge in [-0.15, -0.1) is 5.10 Å². The molecule has 11 N–H and O–H groups in total. The SMILES string of the molecule is CC(=NN=C(N)N)c1ccc(NC(=O)c2ccc3c(NNC(N)N)cccc3c2)cc1. The standard InChI is InChI=1S/C21H25N9O/c1-12(27-29-20(22)23)13-5-8-16(9-6-13)26-19(31)15-7-10-17-14(11-15)3-2-4-18(17)28-30-21(24)25/h2-11,21,28,30H,24-25H2,1H3,(H,26,31)(H4,22,23,29). The van der Waals surface area contributed by atoms with E-state index in [4.69, 9.17) is 22.9 Å². The number of nitrogens with two attached hydrogens (primary N) is 4. The molecule has 31 heavy (non-hydrogen) atoms. The summed E-state index contributed by atoms with van der Waals surface area (Å²) < 4.78 is 0. The van der Waals surface area contributed by atoms with E-state index in [1.165, 1.54) is 0 Å². The number of carbonyl (C=O) groups excluding carboxylic acids is 1. The second-order valence-corrected chi connectivity index (χ2v) is 6.78. The third kappa shape index (κ3) is 5.76. The topological polar surface area (TPSA) is 182 Å². The van der Waals surface area contributed by atoms with E-state index in [9.17, 15) is 4.79 Å². The van der Waals surface area contributed by atoms with Crippen LogP contribution in [0.15, 0.2) is 70.9 Å². The molecule has 3 aromatic rings. The van der Waals surface area contributed by atoms with E-state index in [1.54, 1.807) is 25.1 Å². The molecule has 0 aliphatic heterocycles. The van der Waals surface area contributed by atoms with E-state index < -0.39 is 6.29 Å². The van der Waals surface area contributed by atoms with Crippen molar-refractivity contribution in [3.63, 3.8) is 0 Å². The predicted octanol–water partition coefficient (Wildman–Crippen LogP) is 1.21. The van der Waals surface area contributed by atoms with Gasteiger partial charge in [0, 0.05) is 16.6 Å². The van der Waals surface area contributed by atoms with Crippen molar-refractivity contribution in [1.29, 1.82) is 0 Å². The Kier molecular flexibility index (Phi) is 6.78. The average Bonchev–Trinajstić information content (AvgIpc) is 2.76. The van der Waals surface area contributed by atoms with Crippen LogP contribution >= 0.6 is 0 Å². The Morgan fingerprint density at radius 2 is 1.65 bits per heavy atom. The minimum absolute atomic E-state index is 0.110. The largest absolute Gasteiger partial charge is 0.369 e. The van der Waals surface area contributed by atoms with Crippen LogP contribution in [0, 0.1) is 0 Å². The van der Waals surface area contributed by atoms with Crippen LogP contribution in [0.25, 0.3) is 10.8 Å². The molecule has 0 aliphatic rings. The van der Waals surface area contributed by atoms with Crippen molar-refractivity contribution < 1.29 is 4.79 Å². The number of amides is 1.